The lowest BCUT2D eigenvalue weighted by Gasteiger charge is -2.34. The van der Waals surface area contributed by atoms with E-state index in [1.54, 1.807) is 7.11 Å². The molecule has 1 aliphatic heterocycles. The van der Waals surface area contributed by atoms with Gasteiger partial charge in [0.1, 0.15) is 0 Å². The number of benzene rings is 1. The lowest BCUT2D eigenvalue weighted by molar-refractivity contribution is -0.183. The number of hydrogen-bond acceptors (Lipinski definition) is 5. The summed E-state index contributed by atoms with van der Waals surface area (Å²) in [6, 6.07) is 6.96. The maximum Gasteiger partial charge on any atom is 0.351 e. The molecule has 4 rings (SSSR count). The molecule has 1 aromatic carbocycles. The molecule has 0 amide bonds. The van der Waals surface area contributed by atoms with Crippen LogP contribution in [-0.2, 0) is 29.2 Å². The first-order chi connectivity index (χ1) is 15.8. The van der Waals surface area contributed by atoms with Crippen molar-refractivity contribution in [3.8, 4) is 0 Å². The predicted octanol–water partition coefficient (Wildman–Crippen LogP) is 5.75. The van der Waals surface area contributed by atoms with Crippen LogP contribution in [0.5, 0.6) is 0 Å². The van der Waals surface area contributed by atoms with Gasteiger partial charge in [0.15, 0.2) is 0 Å². The minimum Gasteiger partial charge on any atom is -0.462 e. The van der Waals surface area contributed by atoms with Crippen LogP contribution in [0.1, 0.15) is 96.8 Å². The van der Waals surface area contributed by atoms with Gasteiger partial charge in [-0.2, -0.15) is 0 Å². The van der Waals surface area contributed by atoms with Crippen molar-refractivity contribution in [2.75, 3.05) is 20.3 Å². The Hall–Kier alpha value is -1.88. The van der Waals surface area contributed by atoms with Gasteiger partial charge in [0.05, 0.1) is 18.6 Å². The number of fused-ring (bicyclic) bond motifs is 2. The summed E-state index contributed by atoms with van der Waals surface area (Å²) in [4.78, 5) is 26.0. The molecular weight excluding hydrogens is 428 g/mol. The summed E-state index contributed by atoms with van der Waals surface area (Å²) in [6.07, 6.45) is 1.18. The highest BCUT2D eigenvalue weighted by Crippen LogP contribution is 2.66. The number of rotatable bonds is 8. The van der Waals surface area contributed by atoms with Gasteiger partial charge in [0, 0.05) is 23.9 Å². The summed E-state index contributed by atoms with van der Waals surface area (Å²) < 4.78 is 17.3. The van der Waals surface area contributed by atoms with Crippen molar-refractivity contribution in [3.05, 3.63) is 34.9 Å². The van der Waals surface area contributed by atoms with Crippen molar-refractivity contribution in [1.29, 1.82) is 0 Å². The Balaban J connectivity index is 1.58. The number of hydrogen-bond donors (Lipinski definition) is 0. The van der Waals surface area contributed by atoms with Crippen molar-refractivity contribution in [3.63, 3.8) is 0 Å². The minimum absolute atomic E-state index is 0.130. The van der Waals surface area contributed by atoms with Gasteiger partial charge in [-0.05, 0) is 54.2 Å². The van der Waals surface area contributed by atoms with E-state index < -0.39 is 22.4 Å². The van der Waals surface area contributed by atoms with Gasteiger partial charge in [-0.1, -0.05) is 66.7 Å². The molecule has 0 N–H and O–H groups in total. The van der Waals surface area contributed by atoms with Crippen LogP contribution in [0, 0.1) is 22.7 Å². The van der Waals surface area contributed by atoms with Gasteiger partial charge in [-0.15, -0.1) is 0 Å². The van der Waals surface area contributed by atoms with E-state index in [1.165, 1.54) is 16.7 Å². The van der Waals surface area contributed by atoms with Crippen LogP contribution in [0.2, 0.25) is 0 Å². The maximum absolute atomic E-state index is 13.4. The summed E-state index contributed by atoms with van der Waals surface area (Å²) in [5.41, 5.74) is 1.44. The number of carbonyl (C=O) groups is 2. The molecule has 3 aliphatic rings. The molecule has 5 atom stereocenters. The first kappa shape index (κ1) is 25.2. The van der Waals surface area contributed by atoms with Crippen LogP contribution in [-0.4, -0.2) is 37.9 Å². The zero-order valence-electron chi connectivity index (χ0n) is 22.4. The van der Waals surface area contributed by atoms with Crippen molar-refractivity contribution >= 4 is 11.9 Å². The highest BCUT2D eigenvalue weighted by Gasteiger charge is 2.76. The Morgan fingerprint density at radius 2 is 1.53 bits per heavy atom. The molecule has 2 saturated carbocycles. The van der Waals surface area contributed by atoms with E-state index in [0.717, 1.165) is 0 Å². The van der Waals surface area contributed by atoms with E-state index in [9.17, 15) is 9.59 Å². The summed E-state index contributed by atoms with van der Waals surface area (Å²) in [6.45, 7) is 17.9. The highest BCUT2D eigenvalue weighted by atomic mass is 16.6. The fourth-order valence-electron chi connectivity index (χ4n) is 6.52. The second kappa shape index (κ2) is 8.08. The minimum atomic E-state index is -1.18. The van der Waals surface area contributed by atoms with Crippen molar-refractivity contribution in [2.24, 2.45) is 22.7 Å². The summed E-state index contributed by atoms with van der Waals surface area (Å²) in [5, 5.41) is 0. The largest absolute Gasteiger partial charge is 0.462 e. The third kappa shape index (κ3) is 3.29. The zero-order valence-corrected chi connectivity index (χ0v) is 22.4. The van der Waals surface area contributed by atoms with Crippen molar-refractivity contribution < 1.29 is 23.8 Å². The van der Waals surface area contributed by atoms with E-state index in [0.29, 0.717) is 37.9 Å². The Kier molecular flexibility index (Phi) is 5.99. The average Bonchev–Trinajstić information content (AvgIpc) is 3.23. The normalized spacial score (nSPS) is 35.7. The van der Waals surface area contributed by atoms with E-state index in [4.69, 9.17) is 14.2 Å². The fraction of sp³-hybridized carbons (Fsp3) is 0.724. The Labute approximate surface area is 204 Å². The smallest absolute Gasteiger partial charge is 0.351 e. The van der Waals surface area contributed by atoms with Gasteiger partial charge in [0.2, 0.25) is 5.60 Å². The zero-order chi connectivity index (χ0) is 25.3. The first-order valence-electron chi connectivity index (χ1n) is 12.8. The molecule has 5 nitrogen and oxygen atoms in total. The van der Waals surface area contributed by atoms with Gasteiger partial charge < -0.3 is 14.2 Å². The lowest BCUT2D eigenvalue weighted by atomic mass is 9.66. The van der Waals surface area contributed by atoms with Crippen LogP contribution in [0.15, 0.2) is 18.2 Å². The number of esters is 2. The van der Waals surface area contributed by atoms with E-state index in [1.807, 2.05) is 20.8 Å². The Bertz CT molecular complexity index is 968. The maximum atomic E-state index is 13.4. The molecule has 2 unspecified atom stereocenters. The third-order valence-electron chi connectivity index (χ3n) is 10.0. The summed E-state index contributed by atoms with van der Waals surface area (Å²) >= 11 is 0. The van der Waals surface area contributed by atoms with Gasteiger partial charge in [-0.25, -0.2) is 4.79 Å². The Morgan fingerprint density at radius 1 is 0.971 bits per heavy atom. The molecule has 0 spiro atoms. The van der Waals surface area contributed by atoms with E-state index >= 15 is 0 Å². The van der Waals surface area contributed by atoms with Crippen LogP contribution in [0.4, 0.5) is 0 Å². The predicted molar refractivity (Wildman–Crippen MR) is 132 cm³/mol. The average molecular weight is 471 g/mol. The molecule has 34 heavy (non-hydrogen) atoms. The number of carbonyl (C=O) groups excluding carboxylic acids is 2. The molecule has 1 saturated heterocycles. The van der Waals surface area contributed by atoms with Crippen LogP contribution >= 0.6 is 0 Å². The third-order valence-corrected chi connectivity index (χ3v) is 10.0. The molecule has 2 aliphatic carbocycles. The van der Waals surface area contributed by atoms with Crippen molar-refractivity contribution in [1.82, 2.24) is 0 Å². The summed E-state index contributed by atoms with van der Waals surface area (Å²) in [7, 11) is 1.73. The first-order valence-corrected chi connectivity index (χ1v) is 12.8. The van der Waals surface area contributed by atoms with E-state index in [-0.39, 0.29) is 23.2 Å². The summed E-state index contributed by atoms with van der Waals surface area (Å²) in [5.74, 6) is 0.623. The van der Waals surface area contributed by atoms with Crippen LogP contribution < -0.4 is 0 Å². The van der Waals surface area contributed by atoms with Gasteiger partial charge in [-0.3, -0.25) is 4.79 Å². The molecule has 0 radical (unpaired) electrons. The van der Waals surface area contributed by atoms with E-state index in [2.05, 4.69) is 52.8 Å². The second-order valence-corrected chi connectivity index (χ2v) is 12.4. The molecule has 0 aromatic heterocycles. The molecule has 5 heteroatoms. The second-order valence-electron chi connectivity index (χ2n) is 12.4. The molecule has 1 heterocycles. The monoisotopic (exact) mass is 470 g/mol. The quantitative estimate of drug-likeness (QED) is 0.453. The fourth-order valence-corrected chi connectivity index (χ4v) is 6.52. The van der Waals surface area contributed by atoms with Gasteiger partial charge in [0.25, 0.3) is 0 Å². The molecule has 188 valence electrons. The SMILES string of the molecule is COC[C@@H]1[C@@H](COC(=O)C23CCC(C)(C(=O)O2)C3(C)C)[C@@]1(C)c1cc(C(C)C)cc(C(C)C)c1. The standard InChI is InChI=1S/C29H42O5/c1-17(2)19-12-20(18(3)4)14-21(13-19)28(8)22(15-32-9)23(28)16-33-25(31)29-11-10-27(7,24(30)34-29)26(29,5)6/h12-14,17-18,22-23H,10-11,15-16H2,1-9H3/t22-,23-,27?,28+,29?/m1/s1. The highest BCUT2D eigenvalue weighted by molar-refractivity contribution is 5.93. The lowest BCUT2D eigenvalue weighted by Crippen LogP contribution is -2.49. The van der Waals surface area contributed by atoms with Crippen LogP contribution in [0.25, 0.3) is 0 Å². The number of ether oxygens (including phenoxy) is 3. The molecular formula is C29H42O5. The van der Waals surface area contributed by atoms with Crippen LogP contribution in [0.3, 0.4) is 0 Å². The van der Waals surface area contributed by atoms with Crippen molar-refractivity contribution in [2.45, 2.75) is 91.1 Å². The molecule has 2 bridgehead atoms. The topological polar surface area (TPSA) is 61.8 Å². The molecule has 1 aromatic rings. The van der Waals surface area contributed by atoms with Gasteiger partial charge >= 0.3 is 11.9 Å². The molecule has 3 fully saturated rings. The number of methoxy groups -OCH3 is 1. The Morgan fingerprint density at radius 3 is 1.97 bits per heavy atom.